The third-order valence-electron chi connectivity index (χ3n) is 5.56. The van der Waals surface area contributed by atoms with E-state index in [-0.39, 0.29) is 11.9 Å². The van der Waals surface area contributed by atoms with Crippen molar-refractivity contribution in [3.8, 4) is 0 Å². The summed E-state index contributed by atoms with van der Waals surface area (Å²) >= 11 is 0. The molecule has 0 aliphatic rings. The summed E-state index contributed by atoms with van der Waals surface area (Å²) in [6.45, 7) is 6.88. The molecular weight excluding hydrogens is 400 g/mol. The Morgan fingerprint density at radius 3 is 1.81 bits per heavy atom. The molecule has 0 N–H and O–H groups in total. The summed E-state index contributed by atoms with van der Waals surface area (Å²) in [5, 5.41) is 0. The number of hydrogen-bond acceptors (Lipinski definition) is 4. The van der Waals surface area contributed by atoms with E-state index >= 15 is 0 Å². The minimum atomic E-state index is -0.470. The third kappa shape index (κ3) is 21.8. The molecule has 0 saturated carbocycles. The molecule has 1 atom stereocenters. The standard InChI is InChI=1S/C28H50O4/c1-4-7-8-9-10-11-12-13-14-15-16-17-18-19-20-21-22-27(31-5-2)25-26(29)23-24-28(30)32-6-3/h12-13,23-24,27H,4-11,14-22,25H2,1-3H3/b13-12-,24-23+. The highest BCUT2D eigenvalue weighted by atomic mass is 16.5. The summed E-state index contributed by atoms with van der Waals surface area (Å²) in [6.07, 6.45) is 26.5. The number of carbonyl (C=O) groups excluding carboxylic acids is 2. The first kappa shape index (κ1) is 30.6. The Hall–Kier alpha value is -1.42. The van der Waals surface area contributed by atoms with Gasteiger partial charge in [0.15, 0.2) is 5.78 Å². The van der Waals surface area contributed by atoms with Crippen molar-refractivity contribution in [1.29, 1.82) is 0 Å². The highest BCUT2D eigenvalue weighted by Crippen LogP contribution is 2.14. The van der Waals surface area contributed by atoms with Gasteiger partial charge in [-0.15, -0.1) is 0 Å². The molecule has 0 fully saturated rings. The predicted molar refractivity (Wildman–Crippen MR) is 135 cm³/mol. The van der Waals surface area contributed by atoms with Crippen LogP contribution in [0.2, 0.25) is 0 Å². The van der Waals surface area contributed by atoms with E-state index in [1.54, 1.807) is 6.92 Å². The number of ketones is 1. The topological polar surface area (TPSA) is 52.6 Å². The molecule has 0 aromatic heterocycles. The quantitative estimate of drug-likeness (QED) is 0.0687. The normalized spacial score (nSPS) is 12.6. The van der Waals surface area contributed by atoms with Crippen molar-refractivity contribution in [1.82, 2.24) is 0 Å². The molecule has 0 aliphatic carbocycles. The third-order valence-corrected chi connectivity index (χ3v) is 5.56. The van der Waals surface area contributed by atoms with Gasteiger partial charge in [0.05, 0.1) is 12.7 Å². The second-order valence-corrected chi connectivity index (χ2v) is 8.56. The van der Waals surface area contributed by atoms with Gasteiger partial charge < -0.3 is 9.47 Å². The minimum absolute atomic E-state index is 0.0576. The Balaban J connectivity index is 3.66. The maximum absolute atomic E-state index is 12.0. The average molecular weight is 451 g/mol. The molecule has 0 heterocycles. The Bertz CT molecular complexity index is 496. The van der Waals surface area contributed by atoms with Gasteiger partial charge in [0, 0.05) is 19.1 Å². The molecule has 4 heteroatoms. The largest absolute Gasteiger partial charge is 0.463 e. The summed E-state index contributed by atoms with van der Waals surface area (Å²) in [7, 11) is 0. The Morgan fingerprint density at radius 2 is 1.25 bits per heavy atom. The molecule has 0 amide bonds. The highest BCUT2D eigenvalue weighted by molar-refractivity contribution is 5.96. The lowest BCUT2D eigenvalue weighted by Gasteiger charge is -2.15. The lowest BCUT2D eigenvalue weighted by Crippen LogP contribution is -2.17. The molecule has 0 spiro atoms. The molecule has 186 valence electrons. The Kier molecular flexibility index (Phi) is 23.2. The van der Waals surface area contributed by atoms with E-state index in [1.165, 1.54) is 95.6 Å². The smallest absolute Gasteiger partial charge is 0.330 e. The van der Waals surface area contributed by atoms with Crippen LogP contribution in [-0.4, -0.2) is 31.1 Å². The van der Waals surface area contributed by atoms with Crippen molar-refractivity contribution in [2.45, 2.75) is 130 Å². The van der Waals surface area contributed by atoms with E-state index < -0.39 is 5.97 Å². The summed E-state index contributed by atoms with van der Waals surface area (Å²) in [4.78, 5) is 23.3. The number of hydrogen-bond donors (Lipinski definition) is 0. The van der Waals surface area contributed by atoms with Crippen LogP contribution in [0.3, 0.4) is 0 Å². The van der Waals surface area contributed by atoms with E-state index in [1.807, 2.05) is 6.92 Å². The molecule has 0 bridgehead atoms. The lowest BCUT2D eigenvalue weighted by molar-refractivity contribution is -0.137. The second-order valence-electron chi connectivity index (χ2n) is 8.56. The van der Waals surface area contributed by atoms with Crippen LogP contribution in [0.1, 0.15) is 124 Å². The first-order valence-corrected chi connectivity index (χ1v) is 13.3. The Labute approximate surface area is 198 Å². The first-order valence-electron chi connectivity index (χ1n) is 13.3. The van der Waals surface area contributed by atoms with Crippen LogP contribution in [0.25, 0.3) is 0 Å². The van der Waals surface area contributed by atoms with Gasteiger partial charge in [-0.3, -0.25) is 4.79 Å². The van der Waals surface area contributed by atoms with Crippen LogP contribution >= 0.6 is 0 Å². The summed E-state index contributed by atoms with van der Waals surface area (Å²) in [6, 6.07) is 0. The summed E-state index contributed by atoms with van der Waals surface area (Å²) in [5.74, 6) is -0.551. The lowest BCUT2D eigenvalue weighted by atomic mass is 10.0. The molecule has 0 aromatic rings. The van der Waals surface area contributed by atoms with E-state index in [4.69, 9.17) is 9.47 Å². The first-order chi connectivity index (χ1) is 15.6. The van der Waals surface area contributed by atoms with Gasteiger partial charge in [-0.25, -0.2) is 4.79 Å². The summed E-state index contributed by atoms with van der Waals surface area (Å²) in [5.41, 5.74) is 0. The van der Waals surface area contributed by atoms with Crippen LogP contribution in [0.4, 0.5) is 0 Å². The van der Waals surface area contributed by atoms with E-state index in [2.05, 4.69) is 19.1 Å². The average Bonchev–Trinajstić information content (AvgIpc) is 2.77. The highest BCUT2D eigenvalue weighted by Gasteiger charge is 2.12. The van der Waals surface area contributed by atoms with Gasteiger partial charge in [-0.2, -0.15) is 0 Å². The van der Waals surface area contributed by atoms with Crippen molar-refractivity contribution in [3.63, 3.8) is 0 Å². The second kappa shape index (κ2) is 24.2. The van der Waals surface area contributed by atoms with Crippen molar-refractivity contribution in [3.05, 3.63) is 24.3 Å². The molecule has 0 radical (unpaired) electrons. The fourth-order valence-corrected chi connectivity index (χ4v) is 3.74. The van der Waals surface area contributed by atoms with E-state index in [9.17, 15) is 9.59 Å². The predicted octanol–water partition coefficient (Wildman–Crippen LogP) is 7.90. The molecule has 0 aliphatic heterocycles. The molecule has 0 aromatic carbocycles. The van der Waals surface area contributed by atoms with Gasteiger partial charge in [0.1, 0.15) is 0 Å². The van der Waals surface area contributed by atoms with Crippen molar-refractivity contribution >= 4 is 11.8 Å². The fraction of sp³-hybridized carbons (Fsp3) is 0.786. The molecule has 0 saturated heterocycles. The van der Waals surface area contributed by atoms with Crippen LogP contribution in [-0.2, 0) is 19.1 Å². The molecule has 4 nitrogen and oxygen atoms in total. The van der Waals surface area contributed by atoms with Crippen molar-refractivity contribution < 1.29 is 19.1 Å². The van der Waals surface area contributed by atoms with Crippen molar-refractivity contribution in [2.24, 2.45) is 0 Å². The molecule has 0 rings (SSSR count). The summed E-state index contributed by atoms with van der Waals surface area (Å²) < 4.78 is 10.5. The number of ether oxygens (including phenoxy) is 2. The minimum Gasteiger partial charge on any atom is -0.463 e. The monoisotopic (exact) mass is 450 g/mol. The van der Waals surface area contributed by atoms with Gasteiger partial charge in [0.25, 0.3) is 0 Å². The zero-order valence-corrected chi connectivity index (χ0v) is 21.2. The van der Waals surface area contributed by atoms with Gasteiger partial charge in [0.2, 0.25) is 0 Å². The van der Waals surface area contributed by atoms with Crippen LogP contribution < -0.4 is 0 Å². The number of rotatable bonds is 23. The molecular formula is C28H50O4. The molecule has 32 heavy (non-hydrogen) atoms. The maximum Gasteiger partial charge on any atom is 0.330 e. The van der Waals surface area contributed by atoms with Crippen LogP contribution in [0, 0.1) is 0 Å². The van der Waals surface area contributed by atoms with Gasteiger partial charge >= 0.3 is 5.97 Å². The number of allylic oxidation sites excluding steroid dienone is 3. The van der Waals surface area contributed by atoms with E-state index in [0.717, 1.165) is 12.8 Å². The molecule has 1 unspecified atom stereocenters. The van der Waals surface area contributed by atoms with Gasteiger partial charge in [-0.05, 0) is 52.0 Å². The number of esters is 1. The number of carbonyl (C=O) groups is 2. The van der Waals surface area contributed by atoms with E-state index in [0.29, 0.717) is 19.6 Å². The zero-order chi connectivity index (χ0) is 23.7. The number of unbranched alkanes of at least 4 members (excludes halogenated alkanes) is 12. The van der Waals surface area contributed by atoms with Crippen molar-refractivity contribution in [2.75, 3.05) is 13.2 Å². The zero-order valence-electron chi connectivity index (χ0n) is 21.2. The van der Waals surface area contributed by atoms with Crippen LogP contribution in [0.15, 0.2) is 24.3 Å². The van der Waals surface area contributed by atoms with Crippen LogP contribution in [0.5, 0.6) is 0 Å². The van der Waals surface area contributed by atoms with Gasteiger partial charge in [-0.1, -0.05) is 83.3 Å². The fourth-order valence-electron chi connectivity index (χ4n) is 3.74. The SMILES string of the molecule is CCCCCCC/C=C\CCCCCCCCCC(CC(=O)/C=C/C(=O)OCC)OCC. The maximum atomic E-state index is 12.0. The Morgan fingerprint density at radius 1 is 0.688 bits per heavy atom.